The number of carbonyl (C=O) groups excluding carboxylic acids is 2. The van der Waals surface area contributed by atoms with E-state index in [-0.39, 0.29) is 18.6 Å². The van der Waals surface area contributed by atoms with Crippen molar-refractivity contribution in [2.75, 3.05) is 19.7 Å². The van der Waals surface area contributed by atoms with E-state index >= 15 is 0 Å². The van der Waals surface area contributed by atoms with E-state index in [2.05, 4.69) is 22.0 Å². The lowest BCUT2D eigenvalue weighted by molar-refractivity contribution is -0.139. The highest BCUT2D eigenvalue weighted by Crippen LogP contribution is 2.30. The summed E-state index contributed by atoms with van der Waals surface area (Å²) >= 11 is -2.82. The molecule has 2 bridgehead atoms. The number of fused-ring (bicyclic) bond motifs is 2. The van der Waals surface area contributed by atoms with Gasteiger partial charge in [-0.1, -0.05) is 6.92 Å². The summed E-state index contributed by atoms with van der Waals surface area (Å²) in [6.07, 6.45) is 1.90. The highest BCUT2D eigenvalue weighted by molar-refractivity contribution is 7.74. The lowest BCUT2D eigenvalue weighted by atomic mass is 10.0. The first-order chi connectivity index (χ1) is 11.5. The monoisotopic (exact) mass is 361 g/mol. The number of amides is 3. The molecule has 3 fully saturated rings. The van der Waals surface area contributed by atoms with Crippen molar-refractivity contribution in [3.05, 3.63) is 0 Å². The molecule has 0 aromatic carbocycles. The summed E-state index contributed by atoms with van der Waals surface area (Å²) in [7, 11) is 0. The molecule has 136 valence electrons. The minimum absolute atomic E-state index is 0.209. The molecule has 11 heteroatoms. The summed E-state index contributed by atoms with van der Waals surface area (Å²) in [5, 5.41) is 4.12. The van der Waals surface area contributed by atoms with Crippen molar-refractivity contribution >= 4 is 23.3 Å². The zero-order chi connectivity index (χ0) is 17.3. The summed E-state index contributed by atoms with van der Waals surface area (Å²) in [6.45, 7) is 3.70. The maximum atomic E-state index is 12.3. The molecule has 10 nitrogen and oxygen atoms in total. The Labute approximate surface area is 142 Å². The second kappa shape index (κ2) is 7.31. The van der Waals surface area contributed by atoms with Crippen LogP contribution in [0.3, 0.4) is 0 Å². The van der Waals surface area contributed by atoms with Gasteiger partial charge in [0.05, 0.1) is 12.6 Å². The Morgan fingerprint density at radius 1 is 1.50 bits per heavy atom. The zero-order valence-electron chi connectivity index (χ0n) is 13.3. The molecular formula is C13H21N4O6S-. The van der Waals surface area contributed by atoms with Crippen molar-refractivity contribution in [1.29, 1.82) is 0 Å². The Hall–Kier alpha value is -1.27. The number of urea groups is 1. The fraction of sp³-hybridized carbons (Fsp3) is 0.846. The molecule has 0 saturated carbocycles. The van der Waals surface area contributed by atoms with Gasteiger partial charge in [-0.25, -0.2) is 14.5 Å². The van der Waals surface area contributed by atoms with Crippen molar-refractivity contribution in [3.63, 3.8) is 0 Å². The lowest BCUT2D eigenvalue weighted by Crippen LogP contribution is -2.50. The number of hydrogen-bond donors (Lipinski definition) is 2. The third kappa shape index (κ3) is 3.70. The van der Waals surface area contributed by atoms with E-state index in [1.165, 1.54) is 4.90 Å². The first-order valence-corrected chi connectivity index (χ1v) is 8.98. The van der Waals surface area contributed by atoms with Crippen LogP contribution < -0.4 is 10.8 Å². The normalized spacial score (nSPS) is 33.8. The quantitative estimate of drug-likeness (QED) is 0.461. The Bertz CT molecular complexity index is 535. The summed E-state index contributed by atoms with van der Waals surface area (Å²) < 4.78 is 25.8. The molecule has 2 N–H and O–H groups in total. The Balaban J connectivity index is 1.49. The average molecular weight is 361 g/mol. The van der Waals surface area contributed by atoms with Crippen LogP contribution in [-0.2, 0) is 25.3 Å². The molecular weight excluding hydrogens is 340 g/mol. The SMILES string of the molecule is C[C@@H]1CN[C@@H](CONC(=O)C2CCC3CN2C(=O)N3OS(=O)[O-])C1. The fourth-order valence-electron chi connectivity index (χ4n) is 3.50. The van der Waals surface area contributed by atoms with Gasteiger partial charge in [0.15, 0.2) is 0 Å². The van der Waals surface area contributed by atoms with E-state index in [4.69, 9.17) is 4.84 Å². The Kier molecular flexibility index (Phi) is 5.35. The Morgan fingerprint density at radius 2 is 2.29 bits per heavy atom. The highest BCUT2D eigenvalue weighted by atomic mass is 32.2. The van der Waals surface area contributed by atoms with Crippen LogP contribution in [0.25, 0.3) is 0 Å². The fourth-order valence-corrected chi connectivity index (χ4v) is 3.81. The van der Waals surface area contributed by atoms with E-state index in [9.17, 15) is 18.4 Å². The molecule has 0 aliphatic carbocycles. The second-order valence-electron chi connectivity index (χ2n) is 6.51. The third-order valence-electron chi connectivity index (χ3n) is 4.67. The number of hydroxylamine groups is 3. The van der Waals surface area contributed by atoms with Crippen molar-refractivity contribution in [2.45, 2.75) is 44.3 Å². The number of nitrogens with one attached hydrogen (secondary N) is 2. The lowest BCUT2D eigenvalue weighted by Gasteiger charge is -2.29. The van der Waals surface area contributed by atoms with Crippen LogP contribution in [0, 0.1) is 5.92 Å². The summed E-state index contributed by atoms with van der Waals surface area (Å²) in [5.74, 6) is 0.183. The van der Waals surface area contributed by atoms with Crippen molar-refractivity contribution in [2.24, 2.45) is 5.92 Å². The van der Waals surface area contributed by atoms with E-state index in [1.807, 2.05) is 0 Å². The van der Waals surface area contributed by atoms with Gasteiger partial charge in [-0.3, -0.25) is 9.63 Å². The van der Waals surface area contributed by atoms with E-state index in [1.54, 1.807) is 0 Å². The van der Waals surface area contributed by atoms with Crippen LogP contribution in [0.2, 0.25) is 0 Å². The third-order valence-corrected chi connectivity index (χ3v) is 4.95. The van der Waals surface area contributed by atoms with Gasteiger partial charge in [0, 0.05) is 12.6 Å². The molecule has 3 amide bonds. The molecule has 24 heavy (non-hydrogen) atoms. The van der Waals surface area contributed by atoms with Crippen LogP contribution in [0.1, 0.15) is 26.2 Å². The van der Waals surface area contributed by atoms with Crippen LogP contribution in [0.15, 0.2) is 0 Å². The first-order valence-electron chi connectivity index (χ1n) is 7.98. The van der Waals surface area contributed by atoms with E-state index in [0.717, 1.165) is 18.0 Å². The van der Waals surface area contributed by atoms with Gasteiger partial charge in [-0.05, 0) is 31.7 Å². The standard InChI is InChI=1S/C13H22N4O6S/c1-8-4-9(14-5-8)7-22-15-12(18)11-3-2-10-6-16(11)13(19)17(10)23-24(20)21/h8-11,14H,2-7H2,1H3,(H,15,18)(H,20,21)/p-1/t8-,9+,10?,11?/m0/s1. The van der Waals surface area contributed by atoms with Gasteiger partial charge in [0.1, 0.15) is 17.4 Å². The number of nitrogens with zero attached hydrogens (tertiary/aromatic N) is 2. The van der Waals surface area contributed by atoms with Gasteiger partial charge in [-0.2, -0.15) is 9.35 Å². The van der Waals surface area contributed by atoms with E-state index < -0.39 is 29.3 Å². The molecule has 3 rings (SSSR count). The van der Waals surface area contributed by atoms with Crippen molar-refractivity contribution < 1.29 is 27.5 Å². The van der Waals surface area contributed by atoms with Crippen LogP contribution in [-0.4, -0.2) is 68.5 Å². The molecule has 0 radical (unpaired) electrons. The van der Waals surface area contributed by atoms with Gasteiger partial charge in [0.25, 0.3) is 5.91 Å². The maximum Gasteiger partial charge on any atom is 0.346 e. The summed E-state index contributed by atoms with van der Waals surface area (Å²) in [4.78, 5) is 31.0. The number of piperidine rings is 1. The predicted octanol–water partition coefficient (Wildman–Crippen LogP) is -0.973. The van der Waals surface area contributed by atoms with Crippen molar-refractivity contribution in [3.8, 4) is 0 Å². The van der Waals surface area contributed by atoms with E-state index in [0.29, 0.717) is 25.4 Å². The molecule has 0 spiro atoms. The molecule has 3 unspecified atom stereocenters. The topological polar surface area (TPSA) is 123 Å². The Morgan fingerprint density at radius 3 is 2.96 bits per heavy atom. The first kappa shape index (κ1) is 17.5. The van der Waals surface area contributed by atoms with Crippen LogP contribution in [0.4, 0.5) is 4.79 Å². The molecule has 3 aliphatic rings. The zero-order valence-corrected chi connectivity index (χ0v) is 14.1. The van der Waals surface area contributed by atoms with Crippen LogP contribution in [0.5, 0.6) is 0 Å². The molecule has 3 saturated heterocycles. The van der Waals surface area contributed by atoms with Gasteiger partial charge < -0.3 is 14.8 Å². The number of carbonyl (C=O) groups is 2. The second-order valence-corrected chi connectivity index (χ2v) is 7.07. The number of rotatable bonds is 6. The number of hydrogen-bond acceptors (Lipinski definition) is 7. The average Bonchev–Trinajstić information content (AvgIpc) is 3.05. The maximum absolute atomic E-state index is 12.3. The van der Waals surface area contributed by atoms with Crippen molar-refractivity contribution in [1.82, 2.24) is 20.8 Å². The van der Waals surface area contributed by atoms with Gasteiger partial charge in [-0.15, -0.1) is 0 Å². The summed E-state index contributed by atoms with van der Waals surface area (Å²) in [5.41, 5.74) is 2.40. The summed E-state index contributed by atoms with van der Waals surface area (Å²) in [6, 6.07) is -1.45. The predicted molar refractivity (Wildman–Crippen MR) is 80.4 cm³/mol. The minimum Gasteiger partial charge on any atom is -0.748 e. The molecule has 0 aromatic heterocycles. The van der Waals surface area contributed by atoms with Gasteiger partial charge >= 0.3 is 6.03 Å². The molecule has 5 atom stereocenters. The smallest absolute Gasteiger partial charge is 0.346 e. The largest absolute Gasteiger partial charge is 0.748 e. The molecule has 3 aliphatic heterocycles. The molecule has 0 aromatic rings. The van der Waals surface area contributed by atoms with Crippen LogP contribution >= 0.6 is 0 Å². The molecule has 3 heterocycles. The minimum atomic E-state index is -2.82. The highest BCUT2D eigenvalue weighted by Gasteiger charge is 2.48. The van der Waals surface area contributed by atoms with Gasteiger partial charge in [0.2, 0.25) is 0 Å².